The normalized spacial score (nSPS) is 25.1. The average molecular weight is 463 g/mol. The van der Waals surface area contributed by atoms with Gasteiger partial charge in [0.05, 0.1) is 18.1 Å². The summed E-state index contributed by atoms with van der Waals surface area (Å²) in [4.78, 5) is 38.0. The fraction of sp³-hybridized carbons (Fsp3) is 0.346. The van der Waals surface area contributed by atoms with Crippen molar-refractivity contribution in [2.75, 3.05) is 13.2 Å². The first kappa shape index (κ1) is 22.2. The van der Waals surface area contributed by atoms with Crippen LogP contribution in [0.15, 0.2) is 60.7 Å². The van der Waals surface area contributed by atoms with Gasteiger partial charge in [0, 0.05) is 18.9 Å². The molecule has 2 aromatic carbocycles. The smallest absolute Gasteiger partial charge is 0.407 e. The number of amides is 2. The van der Waals surface area contributed by atoms with E-state index in [1.165, 1.54) is 4.90 Å². The van der Waals surface area contributed by atoms with Crippen LogP contribution in [0.1, 0.15) is 29.9 Å². The largest absolute Gasteiger partial charge is 0.480 e. The number of hydrogen-bond acceptors (Lipinski definition) is 5. The van der Waals surface area contributed by atoms with Gasteiger partial charge in [-0.3, -0.25) is 4.79 Å². The lowest BCUT2D eigenvalue weighted by atomic mass is 9.98. The van der Waals surface area contributed by atoms with E-state index in [4.69, 9.17) is 4.74 Å². The molecule has 0 saturated carbocycles. The molecule has 3 N–H and O–H groups in total. The number of aliphatic carboxylic acids is 1. The Morgan fingerprint density at radius 1 is 0.971 bits per heavy atom. The van der Waals surface area contributed by atoms with Crippen LogP contribution in [0.2, 0.25) is 0 Å². The Balaban J connectivity index is 1.17. The molecule has 176 valence electrons. The monoisotopic (exact) mass is 462 g/mol. The molecule has 0 spiro atoms. The minimum Gasteiger partial charge on any atom is -0.480 e. The summed E-state index contributed by atoms with van der Waals surface area (Å²) in [6, 6.07) is 14.8. The molecule has 2 aliphatic carbocycles. The van der Waals surface area contributed by atoms with Crippen LogP contribution in [0.3, 0.4) is 0 Å². The number of hydrogen-bond donors (Lipinski definition) is 3. The summed E-state index contributed by atoms with van der Waals surface area (Å²) in [5.41, 5.74) is 4.56. The van der Waals surface area contributed by atoms with Crippen LogP contribution in [-0.4, -0.2) is 64.4 Å². The number of nitrogens with one attached hydrogen (secondary N) is 1. The Morgan fingerprint density at radius 3 is 2.26 bits per heavy atom. The van der Waals surface area contributed by atoms with Crippen molar-refractivity contribution in [3.63, 3.8) is 0 Å². The zero-order valence-electron chi connectivity index (χ0n) is 18.5. The summed E-state index contributed by atoms with van der Waals surface area (Å²) in [7, 11) is 0. The number of β-amino-alcohol motifs (C(OH)–C–C–N with tert-alkyl or cyclic N) is 1. The molecule has 1 fully saturated rings. The summed E-state index contributed by atoms with van der Waals surface area (Å²) in [5, 5.41) is 21.9. The molecule has 0 bridgehead atoms. The van der Waals surface area contributed by atoms with Gasteiger partial charge >= 0.3 is 12.1 Å². The molecule has 5 rings (SSSR count). The van der Waals surface area contributed by atoms with Gasteiger partial charge in [-0.2, -0.15) is 0 Å². The Bertz CT molecular complexity index is 1120. The van der Waals surface area contributed by atoms with Gasteiger partial charge in [0.15, 0.2) is 0 Å². The third-order valence-corrected chi connectivity index (χ3v) is 6.89. The van der Waals surface area contributed by atoms with Crippen molar-refractivity contribution in [1.29, 1.82) is 0 Å². The van der Waals surface area contributed by atoms with Crippen molar-refractivity contribution in [3.05, 3.63) is 71.8 Å². The summed E-state index contributed by atoms with van der Waals surface area (Å²) < 4.78 is 5.57. The second kappa shape index (κ2) is 8.95. The highest BCUT2D eigenvalue weighted by Gasteiger charge is 2.42. The molecule has 1 heterocycles. The Kier molecular flexibility index (Phi) is 5.83. The number of likely N-dealkylation sites (tertiary alicyclic amines) is 1. The second-order valence-electron chi connectivity index (χ2n) is 9.04. The molecule has 3 aliphatic rings. The molecule has 8 nitrogen and oxygen atoms in total. The standard InChI is InChI=1S/C26H26N2O6/c29-17-12-23(25(31)32)28(13-17)24(30)15-9-10-16(11-15)27-26(33)34-14-22-20-7-3-1-5-18(20)19-6-2-4-8-21(19)22/h1-10,15-17,22-23,29H,11-14H2,(H,27,33)(H,31,32)/t15?,16?,17?,23-/m0/s1. The maximum Gasteiger partial charge on any atom is 0.407 e. The van der Waals surface area contributed by atoms with Gasteiger partial charge < -0.3 is 25.2 Å². The van der Waals surface area contributed by atoms with E-state index in [-0.39, 0.29) is 37.4 Å². The molecule has 4 atom stereocenters. The van der Waals surface area contributed by atoms with Crippen molar-refractivity contribution >= 4 is 18.0 Å². The van der Waals surface area contributed by atoms with Crippen LogP contribution < -0.4 is 5.32 Å². The number of carboxylic acid groups (broad SMARTS) is 1. The van der Waals surface area contributed by atoms with Gasteiger partial charge in [-0.05, 0) is 28.7 Å². The lowest BCUT2D eigenvalue weighted by Gasteiger charge is -2.24. The van der Waals surface area contributed by atoms with Gasteiger partial charge in [0.2, 0.25) is 5.91 Å². The molecule has 8 heteroatoms. The van der Waals surface area contributed by atoms with Crippen LogP contribution in [0, 0.1) is 5.92 Å². The predicted octanol–water partition coefficient (Wildman–Crippen LogP) is 2.52. The number of alkyl carbamates (subject to hydrolysis) is 1. The summed E-state index contributed by atoms with van der Waals surface area (Å²) in [6.07, 6.45) is 2.35. The average Bonchev–Trinajstić information content (AvgIpc) is 3.53. The molecule has 0 aromatic heterocycles. The van der Waals surface area contributed by atoms with Gasteiger partial charge in [-0.1, -0.05) is 60.7 Å². The van der Waals surface area contributed by atoms with Crippen molar-refractivity contribution in [2.24, 2.45) is 5.92 Å². The molecular weight excluding hydrogens is 436 g/mol. The highest BCUT2D eigenvalue weighted by Crippen LogP contribution is 2.44. The van der Waals surface area contributed by atoms with E-state index >= 15 is 0 Å². The molecule has 2 aromatic rings. The van der Waals surface area contributed by atoms with Crippen LogP contribution in [-0.2, 0) is 14.3 Å². The highest BCUT2D eigenvalue weighted by atomic mass is 16.5. The Morgan fingerprint density at radius 2 is 1.62 bits per heavy atom. The van der Waals surface area contributed by atoms with E-state index in [2.05, 4.69) is 29.6 Å². The topological polar surface area (TPSA) is 116 Å². The van der Waals surface area contributed by atoms with E-state index in [0.717, 1.165) is 22.3 Å². The number of ether oxygens (including phenoxy) is 1. The third kappa shape index (κ3) is 4.05. The molecule has 34 heavy (non-hydrogen) atoms. The van der Waals surface area contributed by atoms with Crippen LogP contribution in [0.25, 0.3) is 11.1 Å². The molecule has 0 radical (unpaired) electrons. The van der Waals surface area contributed by atoms with Crippen molar-refractivity contribution < 1.29 is 29.3 Å². The van der Waals surface area contributed by atoms with Gasteiger partial charge in [0.25, 0.3) is 0 Å². The molecule has 1 saturated heterocycles. The Labute approximate surface area is 196 Å². The maximum atomic E-state index is 12.8. The summed E-state index contributed by atoms with van der Waals surface area (Å²) in [6.45, 7) is 0.204. The fourth-order valence-electron chi connectivity index (χ4n) is 5.29. The van der Waals surface area contributed by atoms with Crippen LogP contribution in [0.4, 0.5) is 4.79 Å². The maximum absolute atomic E-state index is 12.8. The summed E-state index contributed by atoms with van der Waals surface area (Å²) >= 11 is 0. The number of nitrogens with zero attached hydrogens (tertiary/aromatic N) is 1. The number of carbonyl (C=O) groups excluding carboxylic acids is 2. The zero-order valence-corrected chi connectivity index (χ0v) is 18.5. The number of carbonyl (C=O) groups is 3. The van der Waals surface area contributed by atoms with E-state index < -0.39 is 30.1 Å². The van der Waals surface area contributed by atoms with Crippen molar-refractivity contribution in [1.82, 2.24) is 10.2 Å². The van der Waals surface area contributed by atoms with E-state index in [1.807, 2.05) is 24.3 Å². The lowest BCUT2D eigenvalue weighted by molar-refractivity contribution is -0.149. The fourth-order valence-corrected chi connectivity index (χ4v) is 5.29. The number of benzene rings is 2. The predicted molar refractivity (Wildman–Crippen MR) is 123 cm³/mol. The van der Waals surface area contributed by atoms with E-state index in [9.17, 15) is 24.6 Å². The van der Waals surface area contributed by atoms with Crippen molar-refractivity contribution in [2.45, 2.75) is 36.9 Å². The van der Waals surface area contributed by atoms with Crippen LogP contribution in [0.5, 0.6) is 0 Å². The molecule has 1 aliphatic heterocycles. The van der Waals surface area contributed by atoms with Crippen molar-refractivity contribution in [3.8, 4) is 11.1 Å². The lowest BCUT2D eigenvalue weighted by Crippen LogP contribution is -2.44. The van der Waals surface area contributed by atoms with Gasteiger partial charge in [-0.15, -0.1) is 0 Å². The van der Waals surface area contributed by atoms with E-state index in [1.54, 1.807) is 12.2 Å². The number of aliphatic hydroxyl groups is 1. The summed E-state index contributed by atoms with van der Waals surface area (Å²) in [5.74, 6) is -2.07. The second-order valence-corrected chi connectivity index (χ2v) is 9.04. The van der Waals surface area contributed by atoms with Gasteiger partial charge in [0.1, 0.15) is 12.6 Å². The molecule has 2 amide bonds. The first-order chi connectivity index (χ1) is 16.4. The van der Waals surface area contributed by atoms with Gasteiger partial charge in [-0.25, -0.2) is 9.59 Å². The number of fused-ring (bicyclic) bond motifs is 3. The SMILES string of the molecule is O=C(NC1C=CC(C(=O)N2CC(O)C[C@H]2C(=O)O)C1)OCC1c2ccccc2-c2ccccc21. The minimum atomic E-state index is -1.12. The molecule has 3 unspecified atom stereocenters. The minimum absolute atomic E-state index is 0.00458. The zero-order chi connectivity index (χ0) is 23.8. The van der Waals surface area contributed by atoms with E-state index in [0.29, 0.717) is 6.42 Å². The highest BCUT2D eigenvalue weighted by molar-refractivity contribution is 5.87. The number of rotatable bonds is 5. The quantitative estimate of drug-likeness (QED) is 0.588. The number of carboxylic acids is 1. The molecular formula is C26H26N2O6. The van der Waals surface area contributed by atoms with Crippen LogP contribution >= 0.6 is 0 Å². The Hall–Kier alpha value is -3.65. The third-order valence-electron chi connectivity index (χ3n) is 6.89. The first-order valence-electron chi connectivity index (χ1n) is 11.4. The number of aliphatic hydroxyl groups excluding tert-OH is 1. The first-order valence-corrected chi connectivity index (χ1v) is 11.4.